The average Bonchev–Trinajstić information content (AvgIpc) is 2.46. The van der Waals surface area contributed by atoms with E-state index in [1.165, 1.54) is 12.1 Å². The number of nitrogens with two attached hydrogens (primary N) is 1. The number of rotatable bonds is 3. The third-order valence-corrected chi connectivity index (χ3v) is 2.91. The summed E-state index contributed by atoms with van der Waals surface area (Å²) < 4.78 is 16.3. The summed E-state index contributed by atoms with van der Waals surface area (Å²) in [5, 5.41) is 11.2. The predicted octanol–water partition coefficient (Wildman–Crippen LogP) is 2.74. The van der Waals surface area contributed by atoms with Crippen LogP contribution in [0.3, 0.4) is 0 Å². The van der Waals surface area contributed by atoms with Gasteiger partial charge in [0, 0.05) is 17.8 Å². The number of benzene rings is 2. The SMILES string of the molecule is Nc1cccc(Oc2cc3c(cc2[N+](=O)[O-])OCCO3)c1. The van der Waals surface area contributed by atoms with Gasteiger partial charge in [-0.25, -0.2) is 0 Å². The number of hydrogen-bond donors (Lipinski definition) is 1. The molecule has 0 amide bonds. The first-order chi connectivity index (χ1) is 10.1. The van der Waals surface area contributed by atoms with E-state index in [0.29, 0.717) is 36.1 Å². The van der Waals surface area contributed by atoms with E-state index in [2.05, 4.69) is 0 Å². The number of nitrogens with zero attached hydrogens (tertiary/aromatic N) is 1. The largest absolute Gasteiger partial charge is 0.486 e. The Morgan fingerprint density at radius 1 is 1.14 bits per heavy atom. The Balaban J connectivity index is 2.01. The molecule has 0 saturated carbocycles. The minimum Gasteiger partial charge on any atom is -0.486 e. The fourth-order valence-electron chi connectivity index (χ4n) is 1.99. The fourth-order valence-corrected chi connectivity index (χ4v) is 1.99. The lowest BCUT2D eigenvalue weighted by atomic mass is 10.2. The lowest BCUT2D eigenvalue weighted by molar-refractivity contribution is -0.385. The Kier molecular flexibility index (Phi) is 3.23. The van der Waals surface area contributed by atoms with Crippen LogP contribution in [0.4, 0.5) is 11.4 Å². The molecule has 0 radical (unpaired) electrons. The summed E-state index contributed by atoms with van der Waals surface area (Å²) in [6.45, 7) is 0.752. The van der Waals surface area contributed by atoms with Gasteiger partial charge in [-0.05, 0) is 12.1 Å². The summed E-state index contributed by atoms with van der Waals surface area (Å²) in [6, 6.07) is 9.41. The van der Waals surface area contributed by atoms with Gasteiger partial charge in [0.2, 0.25) is 5.75 Å². The highest BCUT2D eigenvalue weighted by Gasteiger charge is 2.23. The standard InChI is InChI=1S/C14H12N2O5/c15-9-2-1-3-10(6-9)21-12-8-14-13(19-4-5-20-14)7-11(12)16(17)18/h1-3,6-8H,4-5,15H2. The van der Waals surface area contributed by atoms with Crippen molar-refractivity contribution in [2.24, 2.45) is 0 Å². The molecule has 0 spiro atoms. The van der Waals surface area contributed by atoms with Crippen molar-refractivity contribution in [3.05, 3.63) is 46.5 Å². The lowest BCUT2D eigenvalue weighted by Gasteiger charge is -2.19. The van der Waals surface area contributed by atoms with E-state index in [0.717, 1.165) is 0 Å². The Hall–Kier alpha value is -2.96. The van der Waals surface area contributed by atoms with E-state index in [1.807, 2.05) is 0 Å². The molecular formula is C14H12N2O5. The molecule has 0 bridgehead atoms. The second-order valence-corrected chi connectivity index (χ2v) is 4.40. The summed E-state index contributed by atoms with van der Waals surface area (Å²) in [5.41, 5.74) is 5.98. The molecule has 21 heavy (non-hydrogen) atoms. The van der Waals surface area contributed by atoms with Gasteiger partial charge in [0.05, 0.1) is 11.0 Å². The van der Waals surface area contributed by atoms with Gasteiger partial charge in [-0.1, -0.05) is 6.07 Å². The Bertz CT molecular complexity index is 702. The first-order valence-electron chi connectivity index (χ1n) is 6.25. The van der Waals surface area contributed by atoms with Crippen LogP contribution in [0, 0.1) is 10.1 Å². The summed E-state index contributed by atoms with van der Waals surface area (Å²) in [4.78, 5) is 10.6. The van der Waals surface area contributed by atoms with E-state index >= 15 is 0 Å². The maximum absolute atomic E-state index is 11.2. The fraction of sp³-hybridized carbons (Fsp3) is 0.143. The third kappa shape index (κ3) is 2.66. The van der Waals surface area contributed by atoms with Gasteiger partial charge in [0.1, 0.15) is 19.0 Å². The van der Waals surface area contributed by atoms with Crippen molar-refractivity contribution >= 4 is 11.4 Å². The molecule has 0 saturated heterocycles. The highest BCUT2D eigenvalue weighted by Crippen LogP contribution is 2.42. The molecule has 0 aliphatic carbocycles. The van der Waals surface area contributed by atoms with Crippen LogP contribution in [0.5, 0.6) is 23.0 Å². The van der Waals surface area contributed by atoms with E-state index in [4.69, 9.17) is 19.9 Å². The molecule has 3 rings (SSSR count). The molecule has 1 aliphatic heterocycles. The summed E-state index contributed by atoms with van der Waals surface area (Å²) >= 11 is 0. The molecule has 2 N–H and O–H groups in total. The molecule has 1 aliphatic rings. The highest BCUT2D eigenvalue weighted by molar-refractivity contribution is 5.60. The molecule has 2 aromatic carbocycles. The zero-order valence-electron chi connectivity index (χ0n) is 10.9. The van der Waals surface area contributed by atoms with Crippen LogP contribution in [-0.4, -0.2) is 18.1 Å². The Labute approximate surface area is 120 Å². The first kappa shape index (κ1) is 13.0. The van der Waals surface area contributed by atoms with Gasteiger partial charge in [-0.15, -0.1) is 0 Å². The number of ether oxygens (including phenoxy) is 3. The molecule has 0 atom stereocenters. The average molecular weight is 288 g/mol. The highest BCUT2D eigenvalue weighted by atomic mass is 16.6. The topological polar surface area (TPSA) is 96.9 Å². The van der Waals surface area contributed by atoms with Crippen molar-refractivity contribution in [1.82, 2.24) is 0 Å². The Morgan fingerprint density at radius 2 is 1.86 bits per heavy atom. The van der Waals surface area contributed by atoms with Gasteiger partial charge < -0.3 is 19.9 Å². The van der Waals surface area contributed by atoms with Crippen LogP contribution in [0.15, 0.2) is 36.4 Å². The van der Waals surface area contributed by atoms with Crippen LogP contribution in [0.25, 0.3) is 0 Å². The maximum Gasteiger partial charge on any atom is 0.315 e. The molecule has 7 nitrogen and oxygen atoms in total. The van der Waals surface area contributed by atoms with Gasteiger partial charge in [0.15, 0.2) is 11.5 Å². The van der Waals surface area contributed by atoms with Crippen LogP contribution in [0.2, 0.25) is 0 Å². The normalized spacial score (nSPS) is 12.8. The van der Waals surface area contributed by atoms with E-state index in [9.17, 15) is 10.1 Å². The van der Waals surface area contributed by atoms with Crippen molar-refractivity contribution in [1.29, 1.82) is 0 Å². The lowest BCUT2D eigenvalue weighted by Crippen LogP contribution is -2.15. The van der Waals surface area contributed by atoms with Crippen molar-refractivity contribution in [3.8, 4) is 23.0 Å². The Morgan fingerprint density at radius 3 is 2.52 bits per heavy atom. The summed E-state index contributed by atoms with van der Waals surface area (Å²) in [7, 11) is 0. The summed E-state index contributed by atoms with van der Waals surface area (Å²) in [5.74, 6) is 1.25. The molecule has 7 heteroatoms. The second-order valence-electron chi connectivity index (χ2n) is 4.40. The number of fused-ring (bicyclic) bond motifs is 1. The zero-order chi connectivity index (χ0) is 14.8. The van der Waals surface area contributed by atoms with Crippen molar-refractivity contribution < 1.29 is 19.1 Å². The monoisotopic (exact) mass is 288 g/mol. The van der Waals surface area contributed by atoms with Crippen molar-refractivity contribution in [3.63, 3.8) is 0 Å². The van der Waals surface area contributed by atoms with Crippen LogP contribution in [0.1, 0.15) is 0 Å². The number of nitrogen functional groups attached to an aromatic ring is 1. The zero-order valence-corrected chi connectivity index (χ0v) is 10.9. The number of nitro benzene ring substituents is 1. The van der Waals surface area contributed by atoms with Crippen LogP contribution < -0.4 is 19.9 Å². The molecule has 108 valence electrons. The molecule has 1 heterocycles. The minimum atomic E-state index is -0.528. The summed E-state index contributed by atoms with van der Waals surface area (Å²) in [6.07, 6.45) is 0. The van der Waals surface area contributed by atoms with Gasteiger partial charge in [-0.3, -0.25) is 10.1 Å². The molecule has 0 aromatic heterocycles. The number of anilines is 1. The van der Waals surface area contributed by atoms with Crippen molar-refractivity contribution in [2.45, 2.75) is 0 Å². The number of nitro groups is 1. The second kappa shape index (κ2) is 5.20. The third-order valence-electron chi connectivity index (χ3n) is 2.91. The molecular weight excluding hydrogens is 276 g/mol. The smallest absolute Gasteiger partial charge is 0.315 e. The first-order valence-corrected chi connectivity index (χ1v) is 6.25. The van der Waals surface area contributed by atoms with Crippen molar-refractivity contribution in [2.75, 3.05) is 18.9 Å². The number of hydrogen-bond acceptors (Lipinski definition) is 6. The maximum atomic E-state index is 11.2. The van der Waals surface area contributed by atoms with Gasteiger partial charge in [-0.2, -0.15) is 0 Å². The molecule has 2 aromatic rings. The van der Waals surface area contributed by atoms with E-state index in [-0.39, 0.29) is 11.4 Å². The van der Waals surface area contributed by atoms with E-state index in [1.54, 1.807) is 24.3 Å². The molecule has 0 fully saturated rings. The minimum absolute atomic E-state index is 0.0786. The van der Waals surface area contributed by atoms with Gasteiger partial charge in [0.25, 0.3) is 0 Å². The quantitative estimate of drug-likeness (QED) is 0.530. The predicted molar refractivity (Wildman–Crippen MR) is 75.0 cm³/mol. The van der Waals surface area contributed by atoms with Crippen LogP contribution >= 0.6 is 0 Å². The van der Waals surface area contributed by atoms with Gasteiger partial charge >= 0.3 is 5.69 Å². The molecule has 0 unspecified atom stereocenters. The van der Waals surface area contributed by atoms with Crippen LogP contribution in [-0.2, 0) is 0 Å². The van der Waals surface area contributed by atoms with E-state index < -0.39 is 4.92 Å².